The zero-order valence-corrected chi connectivity index (χ0v) is 8.26. The van der Waals surface area contributed by atoms with Gasteiger partial charge < -0.3 is 0 Å². The molecule has 0 bridgehead atoms. The molecular formula is C12H13N. The quantitative estimate of drug-likeness (QED) is 0.593. The highest BCUT2D eigenvalue weighted by Gasteiger charge is 2.00. The van der Waals surface area contributed by atoms with Crippen LogP contribution in [0.3, 0.4) is 0 Å². The maximum atomic E-state index is 4.34. The average Bonchev–Trinajstić information content (AvgIpc) is 2.12. The van der Waals surface area contributed by atoms with Crippen LogP contribution in [-0.2, 0) is 0 Å². The molecule has 0 saturated heterocycles. The highest BCUT2D eigenvalue weighted by Crippen LogP contribution is 2.20. The summed E-state index contributed by atoms with van der Waals surface area (Å²) in [7, 11) is 0. The zero-order valence-electron chi connectivity index (χ0n) is 8.26. The van der Waals surface area contributed by atoms with Crippen LogP contribution in [0.5, 0.6) is 0 Å². The van der Waals surface area contributed by atoms with Gasteiger partial charge in [-0.2, -0.15) is 0 Å². The standard InChI is InChI=1S/C12H13N/c1-8-4-5-11-7-13-10(3)9(2)12(11)6-8/h4-7H,1-3H3. The molecule has 1 heteroatoms. The number of hydrogen-bond donors (Lipinski definition) is 0. The number of fused-ring (bicyclic) bond motifs is 1. The predicted molar refractivity (Wildman–Crippen MR) is 56.0 cm³/mol. The third-order valence-corrected chi connectivity index (χ3v) is 2.55. The predicted octanol–water partition coefficient (Wildman–Crippen LogP) is 3.16. The summed E-state index contributed by atoms with van der Waals surface area (Å²) in [6.45, 7) is 6.30. The smallest absolute Gasteiger partial charge is 0.0408 e. The van der Waals surface area contributed by atoms with Crippen molar-refractivity contribution in [3.8, 4) is 0 Å². The molecule has 0 aliphatic rings. The molecule has 66 valence electrons. The number of pyridine rings is 1. The van der Waals surface area contributed by atoms with Crippen molar-refractivity contribution in [3.63, 3.8) is 0 Å². The number of aromatic nitrogens is 1. The van der Waals surface area contributed by atoms with Crippen molar-refractivity contribution >= 4 is 10.8 Å². The van der Waals surface area contributed by atoms with Crippen molar-refractivity contribution in [2.45, 2.75) is 20.8 Å². The molecular weight excluding hydrogens is 158 g/mol. The van der Waals surface area contributed by atoms with E-state index in [1.54, 1.807) is 0 Å². The molecule has 0 fully saturated rings. The first-order valence-corrected chi connectivity index (χ1v) is 4.51. The Balaban J connectivity index is 2.89. The zero-order chi connectivity index (χ0) is 9.42. The first-order chi connectivity index (χ1) is 6.18. The summed E-state index contributed by atoms with van der Waals surface area (Å²) in [4.78, 5) is 4.34. The van der Waals surface area contributed by atoms with Gasteiger partial charge in [-0.25, -0.2) is 0 Å². The number of benzene rings is 1. The monoisotopic (exact) mass is 171 g/mol. The number of aryl methyl sites for hydroxylation is 3. The molecule has 0 aliphatic heterocycles. The molecule has 0 unspecified atom stereocenters. The maximum Gasteiger partial charge on any atom is 0.0408 e. The normalized spacial score (nSPS) is 10.7. The van der Waals surface area contributed by atoms with Gasteiger partial charge in [-0.1, -0.05) is 23.8 Å². The van der Waals surface area contributed by atoms with Crippen molar-refractivity contribution in [3.05, 3.63) is 41.2 Å². The SMILES string of the molecule is Cc1ccc2cnc(C)c(C)c2c1. The minimum Gasteiger partial charge on any atom is -0.261 e. The topological polar surface area (TPSA) is 12.9 Å². The van der Waals surface area contributed by atoms with Crippen LogP contribution in [0.2, 0.25) is 0 Å². The van der Waals surface area contributed by atoms with Gasteiger partial charge in [0.1, 0.15) is 0 Å². The van der Waals surface area contributed by atoms with Gasteiger partial charge in [0.05, 0.1) is 0 Å². The van der Waals surface area contributed by atoms with E-state index in [-0.39, 0.29) is 0 Å². The second kappa shape index (κ2) is 2.84. The van der Waals surface area contributed by atoms with Gasteiger partial charge in [-0.3, -0.25) is 4.98 Å². The molecule has 0 radical (unpaired) electrons. The van der Waals surface area contributed by atoms with Gasteiger partial charge in [0.15, 0.2) is 0 Å². The van der Waals surface area contributed by atoms with Crippen molar-refractivity contribution < 1.29 is 0 Å². The van der Waals surface area contributed by atoms with E-state index in [2.05, 4.69) is 44.0 Å². The molecule has 0 amide bonds. The van der Waals surface area contributed by atoms with E-state index < -0.39 is 0 Å². The van der Waals surface area contributed by atoms with E-state index in [1.165, 1.54) is 21.9 Å². The lowest BCUT2D eigenvalue weighted by atomic mass is 10.0. The average molecular weight is 171 g/mol. The molecule has 2 aromatic rings. The molecule has 0 N–H and O–H groups in total. The van der Waals surface area contributed by atoms with Gasteiger partial charge in [-0.15, -0.1) is 0 Å². The van der Waals surface area contributed by atoms with Crippen LogP contribution >= 0.6 is 0 Å². The van der Waals surface area contributed by atoms with Gasteiger partial charge in [0.25, 0.3) is 0 Å². The summed E-state index contributed by atoms with van der Waals surface area (Å²) in [6.07, 6.45) is 1.94. The second-order valence-corrected chi connectivity index (χ2v) is 3.56. The van der Waals surface area contributed by atoms with Crippen LogP contribution in [0.15, 0.2) is 24.4 Å². The molecule has 1 aromatic heterocycles. The molecule has 1 heterocycles. The Morgan fingerprint density at radius 3 is 2.62 bits per heavy atom. The molecule has 0 atom stereocenters. The van der Waals surface area contributed by atoms with E-state index in [4.69, 9.17) is 0 Å². The van der Waals surface area contributed by atoms with Crippen molar-refractivity contribution in [2.75, 3.05) is 0 Å². The minimum absolute atomic E-state index is 1.12. The van der Waals surface area contributed by atoms with Crippen molar-refractivity contribution in [1.29, 1.82) is 0 Å². The van der Waals surface area contributed by atoms with E-state index in [1.807, 2.05) is 6.20 Å². The van der Waals surface area contributed by atoms with E-state index in [0.717, 1.165) is 5.69 Å². The summed E-state index contributed by atoms with van der Waals surface area (Å²) in [5.74, 6) is 0. The largest absolute Gasteiger partial charge is 0.261 e. The first-order valence-electron chi connectivity index (χ1n) is 4.51. The molecule has 1 aromatic carbocycles. The minimum atomic E-state index is 1.12. The molecule has 1 nitrogen and oxygen atoms in total. The molecule has 0 spiro atoms. The van der Waals surface area contributed by atoms with Crippen LogP contribution in [0, 0.1) is 20.8 Å². The van der Waals surface area contributed by atoms with E-state index in [9.17, 15) is 0 Å². The molecule has 2 rings (SSSR count). The Kier molecular flexibility index (Phi) is 1.80. The van der Waals surface area contributed by atoms with Gasteiger partial charge >= 0.3 is 0 Å². The molecule has 13 heavy (non-hydrogen) atoms. The third-order valence-electron chi connectivity index (χ3n) is 2.55. The van der Waals surface area contributed by atoms with Crippen LogP contribution in [0.25, 0.3) is 10.8 Å². The number of hydrogen-bond acceptors (Lipinski definition) is 1. The van der Waals surface area contributed by atoms with Gasteiger partial charge in [0.2, 0.25) is 0 Å². The van der Waals surface area contributed by atoms with E-state index in [0.29, 0.717) is 0 Å². The van der Waals surface area contributed by atoms with Crippen molar-refractivity contribution in [2.24, 2.45) is 0 Å². The van der Waals surface area contributed by atoms with E-state index >= 15 is 0 Å². The lowest BCUT2D eigenvalue weighted by molar-refractivity contribution is 1.18. The fourth-order valence-corrected chi connectivity index (χ4v) is 1.57. The Hall–Kier alpha value is -1.37. The summed E-state index contributed by atoms with van der Waals surface area (Å²) >= 11 is 0. The number of rotatable bonds is 0. The summed E-state index contributed by atoms with van der Waals surface area (Å²) in [6, 6.07) is 6.47. The fraction of sp³-hybridized carbons (Fsp3) is 0.250. The Labute approximate surface area is 78.4 Å². The van der Waals surface area contributed by atoms with Crippen LogP contribution in [0.4, 0.5) is 0 Å². The fourth-order valence-electron chi connectivity index (χ4n) is 1.57. The Morgan fingerprint density at radius 2 is 1.85 bits per heavy atom. The third kappa shape index (κ3) is 1.31. The van der Waals surface area contributed by atoms with Gasteiger partial charge in [-0.05, 0) is 31.7 Å². The highest BCUT2D eigenvalue weighted by atomic mass is 14.7. The summed E-state index contributed by atoms with van der Waals surface area (Å²) in [5.41, 5.74) is 3.72. The van der Waals surface area contributed by atoms with Crippen LogP contribution in [-0.4, -0.2) is 4.98 Å². The Bertz CT molecular complexity index is 453. The molecule has 0 saturated carbocycles. The first kappa shape index (κ1) is 8.24. The summed E-state index contributed by atoms with van der Waals surface area (Å²) in [5, 5.41) is 2.56. The van der Waals surface area contributed by atoms with Crippen LogP contribution < -0.4 is 0 Å². The van der Waals surface area contributed by atoms with Crippen LogP contribution in [0.1, 0.15) is 16.8 Å². The maximum absolute atomic E-state index is 4.34. The lowest BCUT2D eigenvalue weighted by Crippen LogP contribution is -1.88. The number of nitrogens with zero attached hydrogens (tertiary/aromatic N) is 1. The Morgan fingerprint density at radius 1 is 1.08 bits per heavy atom. The van der Waals surface area contributed by atoms with Gasteiger partial charge in [0, 0.05) is 17.3 Å². The lowest BCUT2D eigenvalue weighted by Gasteiger charge is -2.05. The molecule has 0 aliphatic carbocycles. The highest BCUT2D eigenvalue weighted by molar-refractivity contribution is 5.85. The van der Waals surface area contributed by atoms with Crippen molar-refractivity contribution in [1.82, 2.24) is 4.98 Å². The summed E-state index contributed by atoms with van der Waals surface area (Å²) < 4.78 is 0. The second-order valence-electron chi connectivity index (χ2n) is 3.56.